The third-order valence-electron chi connectivity index (χ3n) is 1.52. The molecule has 3 heterocycles. The summed E-state index contributed by atoms with van der Waals surface area (Å²) in [5, 5.41) is 1.31. The lowest BCUT2D eigenvalue weighted by Gasteiger charge is -2.49. The number of hydrogen-bond donors (Lipinski definition) is 0. The Hall–Kier alpha value is 1.75. The zero-order valence-corrected chi connectivity index (χ0v) is 10.3. The van der Waals surface area contributed by atoms with E-state index in [1.165, 1.54) is 16.6 Å². The van der Waals surface area contributed by atoms with Gasteiger partial charge in [-0.1, -0.05) is 6.92 Å². The molecule has 64 valence electrons. The van der Waals surface area contributed by atoms with Crippen LogP contribution in [-0.2, 0) is 0 Å². The molecule has 0 aromatic carbocycles. The lowest BCUT2D eigenvalue weighted by Crippen LogP contribution is -2.36. The zero-order valence-electron chi connectivity index (χ0n) is 6.24. The fourth-order valence-corrected chi connectivity index (χ4v) is 12.0. The van der Waals surface area contributed by atoms with E-state index in [4.69, 9.17) is 0 Å². The van der Waals surface area contributed by atoms with Crippen molar-refractivity contribution in [3.05, 3.63) is 0 Å². The third-order valence-corrected chi connectivity index (χ3v) is 10.2. The Bertz CT molecular complexity index is 136. The molecule has 0 aromatic rings. The molecule has 0 nitrogen and oxygen atoms in total. The van der Waals surface area contributed by atoms with Gasteiger partial charge in [-0.3, -0.25) is 0 Å². The van der Waals surface area contributed by atoms with Crippen molar-refractivity contribution >= 4 is 58.8 Å². The van der Waals surface area contributed by atoms with Crippen LogP contribution in [0.5, 0.6) is 0 Å². The van der Waals surface area contributed by atoms with E-state index in [0.29, 0.717) is 3.41 Å². The highest BCUT2D eigenvalue weighted by Gasteiger charge is 2.50. The van der Waals surface area contributed by atoms with Crippen LogP contribution in [0.1, 0.15) is 6.92 Å². The first-order chi connectivity index (χ1) is 5.35. The molecule has 11 heavy (non-hydrogen) atoms. The molecule has 0 N–H and O–H groups in total. The standard InChI is InChI=1S/C6H10S5/c1-2-7-3-6-9-4-8-5(10-6)11-6/h5H,2-4H2,1H3. The van der Waals surface area contributed by atoms with Gasteiger partial charge in [0.1, 0.15) is 7.33 Å². The third kappa shape index (κ3) is 1.98. The van der Waals surface area contributed by atoms with Crippen molar-refractivity contribution in [2.45, 2.75) is 14.2 Å². The van der Waals surface area contributed by atoms with Gasteiger partial charge in [0.25, 0.3) is 0 Å². The fraction of sp³-hybridized carbons (Fsp3) is 1.00. The van der Waals surface area contributed by atoms with Crippen molar-refractivity contribution in [1.29, 1.82) is 0 Å². The molecule has 0 amide bonds. The normalized spacial score (nSPS) is 41.7. The van der Waals surface area contributed by atoms with Crippen molar-refractivity contribution < 1.29 is 0 Å². The van der Waals surface area contributed by atoms with Gasteiger partial charge in [0.15, 0.2) is 0 Å². The van der Waals surface area contributed by atoms with E-state index in [1.54, 1.807) is 0 Å². The van der Waals surface area contributed by atoms with E-state index in [2.05, 4.69) is 65.7 Å². The number of fused-ring (bicyclic) bond motifs is 2. The molecule has 0 radical (unpaired) electrons. The van der Waals surface area contributed by atoms with Gasteiger partial charge < -0.3 is 0 Å². The van der Waals surface area contributed by atoms with E-state index in [-0.39, 0.29) is 0 Å². The smallest absolute Gasteiger partial charge is 0.120 e. The van der Waals surface area contributed by atoms with Crippen LogP contribution < -0.4 is 0 Å². The predicted octanol–water partition coefficient (Wildman–Crippen LogP) is 3.59. The summed E-state index contributed by atoms with van der Waals surface area (Å²) in [5.41, 5.74) is 0. The first kappa shape index (κ1) is 9.31. The van der Waals surface area contributed by atoms with Crippen molar-refractivity contribution in [2.75, 3.05) is 16.6 Å². The maximum atomic E-state index is 2.25. The largest absolute Gasteiger partial charge is 0.159 e. The molecular weight excluding hydrogens is 232 g/mol. The van der Waals surface area contributed by atoms with Gasteiger partial charge in [-0.05, 0) is 5.75 Å². The summed E-state index contributed by atoms with van der Waals surface area (Å²) in [6, 6.07) is 0. The van der Waals surface area contributed by atoms with Gasteiger partial charge in [0.05, 0.1) is 0 Å². The van der Waals surface area contributed by atoms with E-state index < -0.39 is 0 Å². The quantitative estimate of drug-likeness (QED) is 0.739. The van der Waals surface area contributed by atoms with Crippen LogP contribution in [0.25, 0.3) is 0 Å². The molecule has 3 fully saturated rings. The van der Waals surface area contributed by atoms with Crippen LogP contribution in [0.2, 0.25) is 0 Å². The van der Waals surface area contributed by atoms with Gasteiger partial charge >= 0.3 is 0 Å². The van der Waals surface area contributed by atoms with E-state index >= 15 is 0 Å². The van der Waals surface area contributed by atoms with Crippen molar-refractivity contribution in [3.8, 4) is 0 Å². The summed E-state index contributed by atoms with van der Waals surface area (Å²) in [7, 11) is 0. The highest BCUT2D eigenvalue weighted by atomic mass is 32.3. The fourth-order valence-electron chi connectivity index (χ4n) is 0.954. The first-order valence-electron chi connectivity index (χ1n) is 3.53. The van der Waals surface area contributed by atoms with Gasteiger partial charge in [0, 0.05) is 10.8 Å². The minimum atomic E-state index is 0.566. The monoisotopic (exact) mass is 242 g/mol. The Morgan fingerprint density at radius 3 is 2.91 bits per heavy atom. The van der Waals surface area contributed by atoms with Crippen LogP contribution in [0.4, 0.5) is 0 Å². The van der Waals surface area contributed by atoms with Crippen molar-refractivity contribution in [2.24, 2.45) is 0 Å². The second-order valence-corrected chi connectivity index (χ2v) is 10.8. The first-order valence-corrected chi connectivity index (χ1v) is 8.48. The van der Waals surface area contributed by atoms with Gasteiger partial charge in [0.2, 0.25) is 0 Å². The summed E-state index contributed by atoms with van der Waals surface area (Å²) < 4.78 is 1.44. The lowest BCUT2D eigenvalue weighted by molar-refractivity contribution is 1.30. The second-order valence-electron chi connectivity index (χ2n) is 2.27. The molecule has 3 saturated heterocycles. The minimum Gasteiger partial charge on any atom is -0.159 e. The minimum absolute atomic E-state index is 0.566. The maximum absolute atomic E-state index is 2.25. The van der Waals surface area contributed by atoms with Crippen LogP contribution in [0.15, 0.2) is 0 Å². The molecular formula is C6H10S5. The van der Waals surface area contributed by atoms with Crippen LogP contribution in [0.3, 0.4) is 0 Å². The average Bonchev–Trinajstić information content (AvgIpc) is 2.01. The second kappa shape index (κ2) is 3.86. The highest BCUT2D eigenvalue weighted by molar-refractivity contribution is 8.57. The van der Waals surface area contributed by atoms with Crippen molar-refractivity contribution in [3.63, 3.8) is 0 Å². The summed E-state index contributed by atoms with van der Waals surface area (Å²) in [6.45, 7) is 2.25. The molecule has 0 aromatic heterocycles. The molecule has 3 aliphatic rings. The molecule has 0 spiro atoms. The number of hydrogen-bond acceptors (Lipinski definition) is 5. The van der Waals surface area contributed by atoms with Crippen LogP contribution in [-0.4, -0.2) is 23.9 Å². The Labute approximate surface area is 89.2 Å². The van der Waals surface area contributed by atoms with Gasteiger partial charge in [-0.15, -0.1) is 47.0 Å². The van der Waals surface area contributed by atoms with E-state index in [9.17, 15) is 0 Å². The highest BCUT2D eigenvalue weighted by Crippen LogP contribution is 2.71. The Balaban J connectivity index is 1.82. The van der Waals surface area contributed by atoms with Crippen molar-refractivity contribution in [1.82, 2.24) is 0 Å². The summed E-state index contributed by atoms with van der Waals surface area (Å²) in [6.07, 6.45) is 0. The molecule has 3 rings (SSSR count). The molecule has 2 bridgehead atoms. The summed E-state index contributed by atoms with van der Waals surface area (Å²) in [4.78, 5) is 0. The van der Waals surface area contributed by atoms with Gasteiger partial charge in [-0.25, -0.2) is 0 Å². The van der Waals surface area contributed by atoms with Crippen LogP contribution >= 0.6 is 58.8 Å². The maximum Gasteiger partial charge on any atom is 0.120 e. The molecule has 0 aliphatic carbocycles. The topological polar surface area (TPSA) is 0 Å². The lowest BCUT2D eigenvalue weighted by atomic mass is 10.9. The molecule has 5 heteroatoms. The van der Waals surface area contributed by atoms with Crippen LogP contribution in [0, 0.1) is 0 Å². The summed E-state index contributed by atoms with van der Waals surface area (Å²) >= 11 is 10.7. The number of rotatable bonds is 3. The molecule has 0 atom stereocenters. The zero-order chi connectivity index (χ0) is 7.73. The molecule has 0 saturated carbocycles. The number of thioether (sulfide) groups is 5. The van der Waals surface area contributed by atoms with Gasteiger partial charge in [-0.2, -0.15) is 11.8 Å². The summed E-state index contributed by atoms with van der Waals surface area (Å²) in [5.74, 6) is 2.60. The molecule has 3 aliphatic heterocycles. The average molecular weight is 242 g/mol. The Morgan fingerprint density at radius 2 is 2.36 bits per heavy atom. The van der Waals surface area contributed by atoms with E-state index in [0.717, 1.165) is 3.91 Å². The SMILES string of the molecule is CCSCC12SCSC(S1)S2. The Kier molecular flexibility index (Phi) is 3.27. The Morgan fingerprint density at radius 1 is 1.55 bits per heavy atom. The van der Waals surface area contributed by atoms with E-state index in [1.807, 2.05) is 0 Å². The predicted molar refractivity (Wildman–Crippen MR) is 64.7 cm³/mol. The molecule has 0 unspecified atom stereocenters.